The van der Waals surface area contributed by atoms with Crippen molar-refractivity contribution in [3.05, 3.63) is 35.6 Å². The number of halogens is 1. The van der Waals surface area contributed by atoms with Crippen LogP contribution in [-0.4, -0.2) is 35.2 Å². The van der Waals surface area contributed by atoms with Crippen LogP contribution in [0.2, 0.25) is 0 Å². The van der Waals surface area contributed by atoms with Crippen LogP contribution < -0.4 is 10.9 Å². The summed E-state index contributed by atoms with van der Waals surface area (Å²) in [6.07, 6.45) is -0.00386. The van der Waals surface area contributed by atoms with Crippen molar-refractivity contribution in [3.8, 4) is 0 Å². The Bertz CT molecular complexity index is 562. The van der Waals surface area contributed by atoms with Gasteiger partial charge in [-0.15, -0.1) is 0 Å². The number of amides is 3. The van der Waals surface area contributed by atoms with Crippen LogP contribution in [0, 0.1) is 5.82 Å². The molecule has 3 amide bonds. The number of hydrazine groups is 1. The monoisotopic (exact) mass is 279 g/mol. The summed E-state index contributed by atoms with van der Waals surface area (Å²) >= 11 is 0. The number of benzene rings is 1. The van der Waals surface area contributed by atoms with Crippen molar-refractivity contribution in [2.24, 2.45) is 0 Å². The Labute approximate surface area is 114 Å². The fourth-order valence-electron chi connectivity index (χ4n) is 1.98. The molecular formula is C13H14FN3O3. The van der Waals surface area contributed by atoms with E-state index in [-0.39, 0.29) is 23.8 Å². The van der Waals surface area contributed by atoms with Crippen molar-refractivity contribution in [1.29, 1.82) is 0 Å². The van der Waals surface area contributed by atoms with E-state index >= 15 is 0 Å². The molecule has 2 N–H and O–H groups in total. The Morgan fingerprint density at radius 2 is 2.20 bits per heavy atom. The second-order valence-electron chi connectivity index (χ2n) is 4.34. The molecule has 0 saturated carbocycles. The zero-order valence-electron chi connectivity index (χ0n) is 10.9. The zero-order chi connectivity index (χ0) is 14.7. The van der Waals surface area contributed by atoms with E-state index in [1.54, 1.807) is 6.92 Å². The first-order chi connectivity index (χ1) is 9.52. The maximum absolute atomic E-state index is 13.0. The van der Waals surface area contributed by atoms with Crippen LogP contribution in [0.3, 0.4) is 0 Å². The number of nitrogens with one attached hydrogen (secondary N) is 2. The SMILES string of the molecule is CCN1C(=O)C[C@@H](NNC(=O)c2cccc(F)c2)C1=O. The van der Waals surface area contributed by atoms with Crippen LogP contribution >= 0.6 is 0 Å². The van der Waals surface area contributed by atoms with E-state index in [0.717, 1.165) is 11.0 Å². The van der Waals surface area contributed by atoms with Gasteiger partial charge in [0, 0.05) is 12.1 Å². The number of hydrogen-bond donors (Lipinski definition) is 2. The van der Waals surface area contributed by atoms with Gasteiger partial charge in [-0.2, -0.15) is 0 Å². The average Bonchev–Trinajstić information content (AvgIpc) is 2.70. The largest absolute Gasteiger partial charge is 0.287 e. The molecule has 7 heteroatoms. The molecule has 1 atom stereocenters. The van der Waals surface area contributed by atoms with Crippen LogP contribution in [0.4, 0.5) is 4.39 Å². The van der Waals surface area contributed by atoms with E-state index in [0.29, 0.717) is 6.54 Å². The van der Waals surface area contributed by atoms with Gasteiger partial charge in [0.1, 0.15) is 11.9 Å². The molecule has 1 saturated heterocycles. The molecule has 1 heterocycles. The summed E-state index contributed by atoms with van der Waals surface area (Å²) in [7, 11) is 0. The minimum absolute atomic E-state index is 0.00386. The molecule has 1 aromatic carbocycles. The van der Waals surface area contributed by atoms with Gasteiger partial charge in [0.05, 0.1) is 6.42 Å². The molecule has 20 heavy (non-hydrogen) atoms. The van der Waals surface area contributed by atoms with E-state index in [9.17, 15) is 18.8 Å². The van der Waals surface area contributed by atoms with Gasteiger partial charge >= 0.3 is 0 Å². The smallest absolute Gasteiger partial charge is 0.265 e. The van der Waals surface area contributed by atoms with E-state index in [4.69, 9.17) is 0 Å². The maximum atomic E-state index is 13.0. The standard InChI is InChI=1S/C13H14FN3O3/c1-2-17-11(18)7-10(13(17)20)15-16-12(19)8-4-3-5-9(14)6-8/h3-6,10,15H,2,7H2,1H3,(H,16,19)/t10-/m1/s1. The van der Waals surface area contributed by atoms with E-state index in [2.05, 4.69) is 10.9 Å². The Kier molecular flexibility index (Phi) is 4.09. The normalized spacial score (nSPS) is 18.5. The molecule has 1 aliphatic heterocycles. The van der Waals surface area contributed by atoms with Crippen LogP contribution in [0.5, 0.6) is 0 Å². The van der Waals surface area contributed by atoms with Gasteiger partial charge in [-0.3, -0.25) is 24.7 Å². The van der Waals surface area contributed by atoms with Crippen molar-refractivity contribution in [1.82, 2.24) is 15.8 Å². The summed E-state index contributed by atoms with van der Waals surface area (Å²) in [6, 6.07) is 4.38. The second kappa shape index (κ2) is 5.79. The van der Waals surface area contributed by atoms with E-state index in [1.807, 2.05) is 0 Å². The lowest BCUT2D eigenvalue weighted by atomic mass is 10.2. The topological polar surface area (TPSA) is 78.5 Å². The highest BCUT2D eigenvalue weighted by Crippen LogP contribution is 2.11. The molecule has 1 aliphatic rings. The van der Waals surface area contributed by atoms with Crippen molar-refractivity contribution < 1.29 is 18.8 Å². The number of hydrogen-bond acceptors (Lipinski definition) is 4. The lowest BCUT2D eigenvalue weighted by Gasteiger charge is -2.13. The molecule has 0 aromatic heterocycles. The van der Waals surface area contributed by atoms with Gasteiger partial charge in [-0.1, -0.05) is 6.07 Å². The predicted molar refractivity (Wildman–Crippen MR) is 67.8 cm³/mol. The number of nitrogens with zero attached hydrogens (tertiary/aromatic N) is 1. The molecule has 0 spiro atoms. The molecule has 1 aromatic rings. The number of likely N-dealkylation sites (N-methyl/N-ethyl adjacent to an activating group) is 1. The van der Waals surface area contributed by atoms with Gasteiger partial charge in [0.25, 0.3) is 5.91 Å². The number of carbonyl (C=O) groups excluding carboxylic acids is 3. The van der Waals surface area contributed by atoms with Crippen LogP contribution in [0.1, 0.15) is 23.7 Å². The predicted octanol–water partition coefficient (Wildman–Crippen LogP) is 0.208. The average molecular weight is 279 g/mol. The quantitative estimate of drug-likeness (QED) is 0.610. The highest BCUT2D eigenvalue weighted by molar-refractivity contribution is 6.05. The Morgan fingerprint density at radius 3 is 2.80 bits per heavy atom. The lowest BCUT2D eigenvalue weighted by molar-refractivity contribution is -0.138. The molecule has 6 nitrogen and oxygen atoms in total. The molecule has 106 valence electrons. The van der Waals surface area contributed by atoms with Crippen LogP contribution in [-0.2, 0) is 9.59 Å². The summed E-state index contributed by atoms with van der Waals surface area (Å²) in [5.41, 5.74) is 4.94. The van der Waals surface area contributed by atoms with Crippen LogP contribution in [0.25, 0.3) is 0 Å². The number of imide groups is 1. The summed E-state index contributed by atoms with van der Waals surface area (Å²) in [5, 5.41) is 0. The minimum Gasteiger partial charge on any atom is -0.287 e. The zero-order valence-corrected chi connectivity index (χ0v) is 10.9. The van der Waals surface area contributed by atoms with E-state index in [1.165, 1.54) is 18.2 Å². The second-order valence-corrected chi connectivity index (χ2v) is 4.34. The van der Waals surface area contributed by atoms with E-state index < -0.39 is 17.8 Å². The first kappa shape index (κ1) is 14.1. The van der Waals surface area contributed by atoms with Gasteiger partial charge in [0.15, 0.2) is 0 Å². The van der Waals surface area contributed by atoms with Gasteiger partial charge < -0.3 is 0 Å². The number of likely N-dealkylation sites (tertiary alicyclic amines) is 1. The summed E-state index contributed by atoms with van der Waals surface area (Å²) in [6.45, 7) is 2.00. The minimum atomic E-state index is -0.778. The molecule has 2 rings (SSSR count). The molecule has 0 bridgehead atoms. The highest BCUT2D eigenvalue weighted by atomic mass is 19.1. The van der Waals surface area contributed by atoms with Gasteiger partial charge in [-0.25, -0.2) is 9.82 Å². The molecular weight excluding hydrogens is 265 g/mol. The van der Waals surface area contributed by atoms with Crippen molar-refractivity contribution in [3.63, 3.8) is 0 Å². The number of carbonyl (C=O) groups is 3. The molecule has 0 radical (unpaired) electrons. The summed E-state index contributed by atoms with van der Waals surface area (Å²) in [4.78, 5) is 36.1. The summed E-state index contributed by atoms with van der Waals surface area (Å²) in [5.74, 6) is -1.76. The van der Waals surface area contributed by atoms with Gasteiger partial charge in [0.2, 0.25) is 11.8 Å². The van der Waals surface area contributed by atoms with Crippen molar-refractivity contribution in [2.75, 3.05) is 6.54 Å². The first-order valence-electron chi connectivity index (χ1n) is 6.18. The molecule has 0 unspecified atom stereocenters. The molecule has 0 aliphatic carbocycles. The first-order valence-corrected chi connectivity index (χ1v) is 6.18. The third-order valence-corrected chi connectivity index (χ3v) is 3.01. The molecule has 1 fully saturated rings. The Morgan fingerprint density at radius 1 is 1.45 bits per heavy atom. The third kappa shape index (κ3) is 2.83. The Balaban J connectivity index is 1.95. The fraction of sp³-hybridized carbons (Fsp3) is 0.308. The highest BCUT2D eigenvalue weighted by Gasteiger charge is 2.37. The van der Waals surface area contributed by atoms with Gasteiger partial charge in [-0.05, 0) is 25.1 Å². The fourth-order valence-corrected chi connectivity index (χ4v) is 1.98. The third-order valence-electron chi connectivity index (χ3n) is 3.01. The number of rotatable bonds is 4. The Hall–Kier alpha value is -2.28. The van der Waals surface area contributed by atoms with Crippen LogP contribution in [0.15, 0.2) is 24.3 Å². The van der Waals surface area contributed by atoms with Crippen molar-refractivity contribution >= 4 is 17.7 Å². The lowest BCUT2D eigenvalue weighted by Crippen LogP contribution is -2.48. The van der Waals surface area contributed by atoms with Crippen molar-refractivity contribution in [2.45, 2.75) is 19.4 Å². The maximum Gasteiger partial charge on any atom is 0.265 e. The summed E-state index contributed by atoms with van der Waals surface area (Å²) < 4.78 is 13.0.